The maximum Gasteiger partial charge on any atom is 0.0669 e. The van der Waals surface area contributed by atoms with E-state index in [0.717, 1.165) is 38.9 Å². The van der Waals surface area contributed by atoms with Crippen molar-refractivity contribution in [1.82, 2.24) is 24.9 Å². The normalized spacial score (nSPS) is 11.2. The van der Waals surface area contributed by atoms with Gasteiger partial charge in [-0.2, -0.15) is 10.2 Å². The van der Waals surface area contributed by atoms with Crippen LogP contribution in [0.5, 0.6) is 0 Å². The van der Waals surface area contributed by atoms with Gasteiger partial charge in [0.15, 0.2) is 0 Å². The molecule has 5 nitrogen and oxygen atoms in total. The molecule has 0 aliphatic rings. The predicted octanol–water partition coefficient (Wildman–Crippen LogP) is 2.09. The average Bonchev–Trinajstić information content (AvgIpc) is 3.05. The summed E-state index contributed by atoms with van der Waals surface area (Å²) in [5, 5.41) is 12.5. The van der Waals surface area contributed by atoms with Gasteiger partial charge in [0.05, 0.1) is 5.69 Å². The van der Waals surface area contributed by atoms with Crippen molar-refractivity contribution in [2.75, 3.05) is 6.54 Å². The molecule has 0 bridgehead atoms. The van der Waals surface area contributed by atoms with Crippen LogP contribution in [0.1, 0.15) is 43.4 Å². The molecule has 0 fully saturated rings. The third-order valence-electron chi connectivity index (χ3n) is 3.97. The highest BCUT2D eigenvalue weighted by Crippen LogP contribution is 2.17. The zero-order valence-corrected chi connectivity index (χ0v) is 13.7. The summed E-state index contributed by atoms with van der Waals surface area (Å²) in [5.74, 6) is 0. The van der Waals surface area contributed by atoms with Crippen LogP contribution in [0.2, 0.25) is 0 Å². The molecule has 0 aliphatic heterocycles. The first-order chi connectivity index (χ1) is 10.2. The van der Waals surface area contributed by atoms with Crippen LogP contribution in [0.25, 0.3) is 0 Å². The second-order valence-corrected chi connectivity index (χ2v) is 5.28. The summed E-state index contributed by atoms with van der Waals surface area (Å²) in [5.41, 5.74) is 5.25. The molecule has 21 heavy (non-hydrogen) atoms. The van der Waals surface area contributed by atoms with E-state index >= 15 is 0 Å². The smallest absolute Gasteiger partial charge is 0.0669 e. The highest BCUT2D eigenvalue weighted by molar-refractivity contribution is 5.27. The van der Waals surface area contributed by atoms with E-state index in [0.29, 0.717) is 0 Å². The lowest BCUT2D eigenvalue weighted by atomic mass is 10.1. The zero-order valence-electron chi connectivity index (χ0n) is 13.7. The summed E-state index contributed by atoms with van der Waals surface area (Å²) in [7, 11) is 1.99. The summed E-state index contributed by atoms with van der Waals surface area (Å²) in [6, 6.07) is 2.08. The van der Waals surface area contributed by atoms with E-state index in [-0.39, 0.29) is 0 Å². The van der Waals surface area contributed by atoms with Gasteiger partial charge in [0.25, 0.3) is 0 Å². The number of nitrogens with one attached hydrogen (secondary N) is 1. The minimum atomic E-state index is 0.918. The van der Waals surface area contributed by atoms with Crippen molar-refractivity contribution in [3.63, 3.8) is 0 Å². The second kappa shape index (κ2) is 7.41. The molecule has 5 heteroatoms. The molecule has 2 heterocycles. The molecule has 0 aliphatic carbocycles. The van der Waals surface area contributed by atoms with Crippen molar-refractivity contribution >= 4 is 0 Å². The Hall–Kier alpha value is -1.62. The summed E-state index contributed by atoms with van der Waals surface area (Å²) >= 11 is 0. The summed E-state index contributed by atoms with van der Waals surface area (Å²) < 4.78 is 4.13. The van der Waals surface area contributed by atoms with Gasteiger partial charge in [-0.3, -0.25) is 9.36 Å². The van der Waals surface area contributed by atoms with Gasteiger partial charge < -0.3 is 5.32 Å². The molecule has 116 valence electrons. The second-order valence-electron chi connectivity index (χ2n) is 5.28. The molecule has 0 atom stereocenters. The van der Waals surface area contributed by atoms with Gasteiger partial charge in [0, 0.05) is 49.7 Å². The first-order valence-corrected chi connectivity index (χ1v) is 7.96. The number of hydrogen-bond acceptors (Lipinski definition) is 3. The van der Waals surface area contributed by atoms with Crippen LogP contribution in [0.3, 0.4) is 0 Å². The largest absolute Gasteiger partial charge is 0.313 e. The number of nitrogens with zero attached hydrogens (tertiary/aromatic N) is 4. The fourth-order valence-corrected chi connectivity index (χ4v) is 2.77. The van der Waals surface area contributed by atoms with Crippen molar-refractivity contribution in [1.29, 1.82) is 0 Å². The summed E-state index contributed by atoms with van der Waals surface area (Å²) in [6.45, 7) is 9.38. The molecule has 0 spiro atoms. The molecule has 0 amide bonds. The van der Waals surface area contributed by atoms with E-state index in [4.69, 9.17) is 5.10 Å². The summed E-state index contributed by atoms with van der Waals surface area (Å²) in [6.07, 6.45) is 4.84. The minimum Gasteiger partial charge on any atom is -0.313 e. The molecule has 0 unspecified atom stereocenters. The Labute approximate surface area is 127 Å². The average molecular weight is 289 g/mol. The molecule has 0 aromatic carbocycles. The van der Waals surface area contributed by atoms with Crippen molar-refractivity contribution in [2.45, 2.75) is 53.1 Å². The van der Waals surface area contributed by atoms with E-state index in [1.807, 2.05) is 17.9 Å². The molecule has 0 saturated carbocycles. The van der Waals surface area contributed by atoms with Crippen LogP contribution in [0.15, 0.2) is 12.3 Å². The summed E-state index contributed by atoms with van der Waals surface area (Å²) in [4.78, 5) is 0. The molecule has 0 radical (unpaired) electrons. The first kappa shape index (κ1) is 15.8. The number of aromatic nitrogens is 4. The fourth-order valence-electron chi connectivity index (χ4n) is 2.77. The van der Waals surface area contributed by atoms with Gasteiger partial charge in [-0.25, -0.2) is 0 Å². The Balaban J connectivity index is 2.18. The van der Waals surface area contributed by atoms with Gasteiger partial charge in [-0.1, -0.05) is 20.8 Å². The van der Waals surface area contributed by atoms with Crippen molar-refractivity contribution < 1.29 is 0 Å². The van der Waals surface area contributed by atoms with Crippen LogP contribution < -0.4 is 5.32 Å². The van der Waals surface area contributed by atoms with Crippen LogP contribution in [-0.4, -0.2) is 26.1 Å². The van der Waals surface area contributed by atoms with Crippen LogP contribution in [0, 0.1) is 0 Å². The molecule has 1 N–H and O–H groups in total. The third kappa shape index (κ3) is 3.53. The topological polar surface area (TPSA) is 47.7 Å². The lowest BCUT2D eigenvalue weighted by Crippen LogP contribution is -2.15. The van der Waals surface area contributed by atoms with Crippen molar-refractivity contribution in [2.24, 2.45) is 7.05 Å². The van der Waals surface area contributed by atoms with Gasteiger partial charge >= 0.3 is 0 Å². The monoisotopic (exact) mass is 289 g/mol. The van der Waals surface area contributed by atoms with E-state index < -0.39 is 0 Å². The number of hydrogen-bond donors (Lipinski definition) is 1. The van der Waals surface area contributed by atoms with E-state index in [2.05, 4.69) is 41.9 Å². The predicted molar refractivity (Wildman–Crippen MR) is 85.3 cm³/mol. The van der Waals surface area contributed by atoms with Gasteiger partial charge in [0.2, 0.25) is 0 Å². The molecular formula is C16H27N5. The fraction of sp³-hybridized carbons (Fsp3) is 0.625. The van der Waals surface area contributed by atoms with Crippen LogP contribution in [0.4, 0.5) is 0 Å². The van der Waals surface area contributed by atoms with E-state index in [1.54, 1.807) is 0 Å². The Bertz CT molecular complexity index is 567. The highest BCUT2D eigenvalue weighted by Gasteiger charge is 2.15. The van der Waals surface area contributed by atoms with E-state index in [9.17, 15) is 0 Å². The number of aryl methyl sites for hydroxylation is 4. The van der Waals surface area contributed by atoms with Crippen LogP contribution >= 0.6 is 0 Å². The standard InChI is InChI=1S/C16H27N5/c1-5-15-14(12-17-7-3)16(6-2)21(19-15)11-9-13-8-10-18-20(13)4/h8,10,17H,5-7,9,11-12H2,1-4H3. The molecule has 0 saturated heterocycles. The van der Waals surface area contributed by atoms with Crippen LogP contribution in [-0.2, 0) is 39.4 Å². The lowest BCUT2D eigenvalue weighted by Gasteiger charge is -2.08. The Morgan fingerprint density at radius 3 is 2.57 bits per heavy atom. The molecule has 2 rings (SSSR count). The maximum atomic E-state index is 4.83. The highest BCUT2D eigenvalue weighted by atomic mass is 15.3. The Morgan fingerprint density at radius 1 is 1.19 bits per heavy atom. The van der Waals surface area contributed by atoms with E-state index in [1.165, 1.54) is 22.6 Å². The SMILES string of the molecule is CCNCc1c(CC)nn(CCc2ccnn2C)c1CC. The molecule has 2 aromatic heterocycles. The van der Waals surface area contributed by atoms with Gasteiger partial charge in [0.1, 0.15) is 0 Å². The zero-order chi connectivity index (χ0) is 15.2. The maximum absolute atomic E-state index is 4.83. The first-order valence-electron chi connectivity index (χ1n) is 7.96. The number of rotatable bonds is 8. The van der Waals surface area contributed by atoms with Crippen molar-refractivity contribution in [3.05, 3.63) is 34.9 Å². The van der Waals surface area contributed by atoms with Gasteiger partial charge in [-0.05, 0) is 25.5 Å². The van der Waals surface area contributed by atoms with Crippen molar-refractivity contribution in [3.8, 4) is 0 Å². The third-order valence-corrected chi connectivity index (χ3v) is 3.97. The minimum absolute atomic E-state index is 0.918. The Morgan fingerprint density at radius 2 is 2.00 bits per heavy atom. The molecular weight excluding hydrogens is 262 g/mol. The molecule has 2 aromatic rings. The Kier molecular flexibility index (Phi) is 5.56. The lowest BCUT2D eigenvalue weighted by molar-refractivity contribution is 0.559. The van der Waals surface area contributed by atoms with Gasteiger partial charge in [-0.15, -0.1) is 0 Å². The quantitative estimate of drug-likeness (QED) is 0.809.